The smallest absolute Gasteiger partial charge is 0.352 e. The van der Waals surface area contributed by atoms with E-state index >= 15 is 0 Å². The van der Waals surface area contributed by atoms with Crippen molar-refractivity contribution in [1.29, 1.82) is 0 Å². The molecule has 2 aliphatic carbocycles. The Kier molecular flexibility index (Phi) is 3.78. The highest BCUT2D eigenvalue weighted by Crippen LogP contribution is 2.41. The number of hydrogen-bond acceptors (Lipinski definition) is 4. The molecule has 0 heterocycles. The fourth-order valence-corrected chi connectivity index (χ4v) is 3.12. The SMILES string of the molecule is CC(=O)O[C@H](C(=O)O[C@H]1C[C@@H]2C=C[C@H]1C2)c1ccccc1. The van der Waals surface area contributed by atoms with Gasteiger partial charge in [-0.25, -0.2) is 4.79 Å². The summed E-state index contributed by atoms with van der Waals surface area (Å²) in [6.45, 7) is 1.30. The van der Waals surface area contributed by atoms with Gasteiger partial charge in [0.1, 0.15) is 6.10 Å². The van der Waals surface area contributed by atoms with Gasteiger partial charge in [0, 0.05) is 18.4 Å². The first-order chi connectivity index (χ1) is 10.1. The largest absolute Gasteiger partial charge is 0.459 e. The highest BCUT2D eigenvalue weighted by molar-refractivity contribution is 5.80. The zero-order chi connectivity index (χ0) is 14.8. The third-order valence-electron chi connectivity index (χ3n) is 4.09. The van der Waals surface area contributed by atoms with Crippen molar-refractivity contribution >= 4 is 11.9 Å². The number of carbonyl (C=O) groups is 2. The summed E-state index contributed by atoms with van der Waals surface area (Å²) in [5, 5.41) is 0. The summed E-state index contributed by atoms with van der Waals surface area (Å²) < 4.78 is 10.8. The number of rotatable bonds is 4. The minimum atomic E-state index is -0.980. The summed E-state index contributed by atoms with van der Waals surface area (Å²) in [5.41, 5.74) is 0.636. The van der Waals surface area contributed by atoms with Crippen molar-refractivity contribution in [1.82, 2.24) is 0 Å². The highest BCUT2D eigenvalue weighted by atomic mass is 16.6. The van der Waals surface area contributed by atoms with Gasteiger partial charge in [-0.1, -0.05) is 42.5 Å². The van der Waals surface area contributed by atoms with E-state index in [0.29, 0.717) is 17.4 Å². The molecule has 110 valence electrons. The lowest BCUT2D eigenvalue weighted by Gasteiger charge is -2.22. The Morgan fingerprint density at radius 1 is 1.14 bits per heavy atom. The van der Waals surface area contributed by atoms with Crippen molar-refractivity contribution in [3.8, 4) is 0 Å². The van der Waals surface area contributed by atoms with Gasteiger partial charge in [0.05, 0.1) is 0 Å². The van der Waals surface area contributed by atoms with Crippen LogP contribution in [0, 0.1) is 11.8 Å². The molecule has 0 unspecified atom stereocenters. The van der Waals surface area contributed by atoms with Gasteiger partial charge in [-0.05, 0) is 18.8 Å². The first-order valence-electron chi connectivity index (χ1n) is 7.24. The second-order valence-electron chi connectivity index (χ2n) is 5.66. The Hall–Kier alpha value is -2.10. The van der Waals surface area contributed by atoms with Crippen LogP contribution in [-0.4, -0.2) is 18.0 Å². The molecule has 3 rings (SSSR count). The van der Waals surface area contributed by atoms with E-state index in [0.717, 1.165) is 12.8 Å². The minimum absolute atomic E-state index is 0.0886. The molecule has 2 aliphatic rings. The van der Waals surface area contributed by atoms with E-state index in [9.17, 15) is 9.59 Å². The molecule has 21 heavy (non-hydrogen) atoms. The highest BCUT2D eigenvalue weighted by Gasteiger charge is 2.39. The van der Waals surface area contributed by atoms with E-state index in [1.807, 2.05) is 6.07 Å². The molecule has 4 nitrogen and oxygen atoms in total. The molecule has 4 atom stereocenters. The summed E-state index contributed by atoms with van der Waals surface area (Å²) >= 11 is 0. The lowest BCUT2D eigenvalue weighted by Crippen LogP contribution is -2.28. The van der Waals surface area contributed by atoms with Crippen LogP contribution >= 0.6 is 0 Å². The molecule has 0 aromatic heterocycles. The Morgan fingerprint density at radius 3 is 2.48 bits per heavy atom. The predicted octanol–water partition coefficient (Wildman–Crippen LogP) is 2.80. The summed E-state index contributed by atoms with van der Waals surface area (Å²) in [6.07, 6.45) is 5.17. The Balaban J connectivity index is 1.72. The number of esters is 2. The number of carbonyl (C=O) groups excluding carboxylic acids is 2. The van der Waals surface area contributed by atoms with E-state index in [-0.39, 0.29) is 6.10 Å². The number of hydrogen-bond donors (Lipinski definition) is 0. The summed E-state index contributed by atoms with van der Waals surface area (Å²) in [5.74, 6) is -0.139. The first kappa shape index (κ1) is 13.9. The second-order valence-corrected chi connectivity index (χ2v) is 5.66. The normalized spacial score (nSPS) is 27.4. The van der Waals surface area contributed by atoms with E-state index in [2.05, 4.69) is 12.2 Å². The molecule has 1 aromatic rings. The van der Waals surface area contributed by atoms with Crippen LogP contribution in [0.15, 0.2) is 42.5 Å². The Morgan fingerprint density at radius 2 is 1.90 bits per heavy atom. The Labute approximate surface area is 123 Å². The molecule has 0 radical (unpaired) electrons. The molecule has 0 saturated heterocycles. The number of benzene rings is 1. The third kappa shape index (κ3) is 2.99. The Bertz CT molecular complexity index is 563. The molecule has 1 fully saturated rings. The maximum Gasteiger partial charge on any atom is 0.352 e. The van der Waals surface area contributed by atoms with E-state index in [4.69, 9.17) is 9.47 Å². The molecule has 4 heteroatoms. The van der Waals surface area contributed by atoms with Crippen LogP contribution in [0.2, 0.25) is 0 Å². The fraction of sp³-hybridized carbons (Fsp3) is 0.412. The third-order valence-corrected chi connectivity index (χ3v) is 4.09. The molecule has 1 saturated carbocycles. The summed E-state index contributed by atoms with van der Waals surface area (Å²) in [6, 6.07) is 8.98. The fourth-order valence-electron chi connectivity index (χ4n) is 3.12. The molecular formula is C17H18O4. The van der Waals surface area contributed by atoms with Gasteiger partial charge in [0.15, 0.2) is 0 Å². The van der Waals surface area contributed by atoms with Gasteiger partial charge >= 0.3 is 11.9 Å². The van der Waals surface area contributed by atoms with Gasteiger partial charge in [-0.2, -0.15) is 0 Å². The van der Waals surface area contributed by atoms with Crippen molar-refractivity contribution in [3.05, 3.63) is 48.0 Å². The van der Waals surface area contributed by atoms with Crippen molar-refractivity contribution < 1.29 is 19.1 Å². The maximum atomic E-state index is 12.4. The lowest BCUT2D eigenvalue weighted by atomic mass is 10.0. The van der Waals surface area contributed by atoms with E-state index in [1.54, 1.807) is 24.3 Å². The van der Waals surface area contributed by atoms with Crippen LogP contribution in [0.25, 0.3) is 0 Å². The summed E-state index contributed by atoms with van der Waals surface area (Å²) in [7, 11) is 0. The van der Waals surface area contributed by atoms with E-state index in [1.165, 1.54) is 6.92 Å². The number of ether oxygens (including phenoxy) is 2. The van der Waals surface area contributed by atoms with Gasteiger partial charge in [0.25, 0.3) is 0 Å². The average molecular weight is 286 g/mol. The van der Waals surface area contributed by atoms with Crippen molar-refractivity contribution in [2.24, 2.45) is 11.8 Å². The van der Waals surface area contributed by atoms with Gasteiger partial charge in [-0.15, -0.1) is 0 Å². The van der Waals surface area contributed by atoms with Gasteiger partial charge < -0.3 is 9.47 Å². The average Bonchev–Trinajstić information content (AvgIpc) is 3.08. The van der Waals surface area contributed by atoms with Crippen molar-refractivity contribution in [3.63, 3.8) is 0 Å². The van der Waals surface area contributed by atoms with Crippen LogP contribution in [0.3, 0.4) is 0 Å². The zero-order valence-electron chi connectivity index (χ0n) is 11.9. The number of allylic oxidation sites excluding steroid dienone is 1. The van der Waals surface area contributed by atoms with E-state index < -0.39 is 18.0 Å². The summed E-state index contributed by atoms with van der Waals surface area (Å²) in [4.78, 5) is 23.6. The number of fused-ring (bicyclic) bond motifs is 2. The van der Waals surface area contributed by atoms with Gasteiger partial charge in [0.2, 0.25) is 6.10 Å². The first-order valence-corrected chi connectivity index (χ1v) is 7.24. The molecule has 0 spiro atoms. The second kappa shape index (κ2) is 5.72. The minimum Gasteiger partial charge on any atom is -0.459 e. The van der Waals surface area contributed by atoms with Crippen LogP contribution in [0.5, 0.6) is 0 Å². The quantitative estimate of drug-likeness (QED) is 0.631. The topological polar surface area (TPSA) is 52.6 Å². The van der Waals surface area contributed by atoms with Crippen LogP contribution in [0.4, 0.5) is 0 Å². The van der Waals surface area contributed by atoms with Crippen molar-refractivity contribution in [2.45, 2.75) is 32.0 Å². The monoisotopic (exact) mass is 286 g/mol. The molecular weight excluding hydrogens is 268 g/mol. The zero-order valence-corrected chi connectivity index (χ0v) is 11.9. The van der Waals surface area contributed by atoms with Crippen LogP contribution in [0.1, 0.15) is 31.4 Å². The standard InChI is InChI=1S/C17H18O4/c1-11(18)20-16(13-5-3-2-4-6-13)17(19)21-15-10-12-7-8-14(15)9-12/h2-8,12,14-16H,9-10H2,1H3/t12-,14+,15+,16+/m1/s1. The molecule has 0 N–H and O–H groups in total. The van der Waals surface area contributed by atoms with Crippen LogP contribution < -0.4 is 0 Å². The predicted molar refractivity (Wildman–Crippen MR) is 76.2 cm³/mol. The maximum absolute atomic E-state index is 12.4. The van der Waals surface area contributed by atoms with Crippen molar-refractivity contribution in [2.75, 3.05) is 0 Å². The molecule has 0 aliphatic heterocycles. The molecule has 2 bridgehead atoms. The molecule has 1 aromatic carbocycles. The lowest BCUT2D eigenvalue weighted by molar-refractivity contribution is -0.172. The molecule has 0 amide bonds. The van der Waals surface area contributed by atoms with Gasteiger partial charge in [-0.3, -0.25) is 4.79 Å². The van der Waals surface area contributed by atoms with Crippen LogP contribution in [-0.2, 0) is 19.1 Å².